The maximum atomic E-state index is 12.0. The number of benzene rings is 1. The Hall–Kier alpha value is -3.00. The first-order valence-electron chi connectivity index (χ1n) is 8.95. The van der Waals surface area contributed by atoms with Crippen molar-refractivity contribution in [1.82, 2.24) is 24.4 Å². The van der Waals surface area contributed by atoms with Gasteiger partial charge in [0, 0.05) is 19.2 Å². The van der Waals surface area contributed by atoms with Crippen molar-refractivity contribution in [1.29, 1.82) is 0 Å². The van der Waals surface area contributed by atoms with E-state index < -0.39 is 11.2 Å². The zero-order valence-electron chi connectivity index (χ0n) is 15.7. The van der Waals surface area contributed by atoms with Gasteiger partial charge < -0.3 is 9.64 Å². The number of fused-ring (bicyclic) bond motifs is 1. The summed E-state index contributed by atoms with van der Waals surface area (Å²) in [6.07, 6.45) is 1.49. The summed E-state index contributed by atoms with van der Waals surface area (Å²) in [5, 5.41) is 0. The Morgan fingerprint density at radius 3 is 2.52 bits per heavy atom. The quantitative estimate of drug-likeness (QED) is 0.677. The fourth-order valence-corrected chi connectivity index (χ4v) is 2.81. The molecular weight excluding hydrogens is 346 g/mol. The molecule has 0 radical (unpaired) electrons. The molecule has 3 rings (SSSR count). The average molecular weight is 369 g/mol. The number of aromatic nitrogens is 4. The first-order valence-corrected chi connectivity index (χ1v) is 8.95. The van der Waals surface area contributed by atoms with Crippen molar-refractivity contribution in [3.05, 3.63) is 51.3 Å². The van der Waals surface area contributed by atoms with Gasteiger partial charge in [-0.05, 0) is 37.4 Å². The molecule has 0 aliphatic rings. The minimum absolute atomic E-state index is 0.182. The Morgan fingerprint density at radius 2 is 1.85 bits per heavy atom. The van der Waals surface area contributed by atoms with Gasteiger partial charge >= 0.3 is 5.69 Å². The third kappa shape index (κ3) is 4.06. The zero-order chi connectivity index (χ0) is 19.4. The first kappa shape index (κ1) is 18.8. The molecule has 0 amide bonds. The van der Waals surface area contributed by atoms with E-state index in [9.17, 15) is 9.59 Å². The molecule has 1 aromatic carbocycles. The second-order valence-electron chi connectivity index (χ2n) is 6.15. The number of aryl methyl sites for hydroxylation is 1. The van der Waals surface area contributed by atoms with E-state index in [4.69, 9.17) is 4.74 Å². The van der Waals surface area contributed by atoms with Crippen LogP contribution in [0, 0.1) is 0 Å². The Kier molecular flexibility index (Phi) is 5.66. The number of rotatable bonds is 7. The zero-order valence-corrected chi connectivity index (χ0v) is 15.7. The predicted octanol–water partition coefficient (Wildman–Crippen LogP) is 1.40. The summed E-state index contributed by atoms with van der Waals surface area (Å²) in [4.78, 5) is 36.8. The molecule has 0 unspecified atom stereocenters. The van der Waals surface area contributed by atoms with Gasteiger partial charge in [0.15, 0.2) is 11.3 Å². The summed E-state index contributed by atoms with van der Waals surface area (Å²) in [6, 6.07) is 7.42. The molecule has 3 aromatic rings. The Bertz CT molecular complexity index is 1040. The lowest BCUT2D eigenvalue weighted by molar-refractivity contribution is 0.223. The van der Waals surface area contributed by atoms with Crippen molar-refractivity contribution in [3.63, 3.8) is 0 Å². The molecule has 0 fully saturated rings. The van der Waals surface area contributed by atoms with Gasteiger partial charge in [-0.3, -0.25) is 14.3 Å². The lowest BCUT2D eigenvalue weighted by Gasteiger charge is -2.18. The highest BCUT2D eigenvalue weighted by atomic mass is 16.5. The highest BCUT2D eigenvalue weighted by molar-refractivity contribution is 5.75. The van der Waals surface area contributed by atoms with E-state index in [1.807, 2.05) is 24.3 Å². The molecule has 2 aromatic heterocycles. The number of hydrogen-bond acceptors (Lipinski definition) is 6. The van der Waals surface area contributed by atoms with Crippen LogP contribution in [0.2, 0.25) is 0 Å². The van der Waals surface area contributed by atoms with Gasteiger partial charge in [-0.15, -0.1) is 0 Å². The van der Waals surface area contributed by atoms with Gasteiger partial charge in [0.1, 0.15) is 12.4 Å². The van der Waals surface area contributed by atoms with E-state index in [0.29, 0.717) is 17.9 Å². The van der Waals surface area contributed by atoms with Crippen molar-refractivity contribution >= 4 is 11.0 Å². The van der Waals surface area contributed by atoms with Gasteiger partial charge in [-0.1, -0.05) is 13.8 Å². The number of aromatic amines is 1. The van der Waals surface area contributed by atoms with Crippen LogP contribution in [0.3, 0.4) is 0 Å². The van der Waals surface area contributed by atoms with Crippen LogP contribution in [0.15, 0.2) is 40.1 Å². The van der Waals surface area contributed by atoms with Gasteiger partial charge in [-0.2, -0.15) is 0 Å². The van der Waals surface area contributed by atoms with Crippen molar-refractivity contribution < 1.29 is 4.74 Å². The molecule has 8 heteroatoms. The summed E-state index contributed by atoms with van der Waals surface area (Å²) < 4.78 is 7.09. The van der Waals surface area contributed by atoms with Crippen LogP contribution in [0.1, 0.15) is 13.8 Å². The van der Waals surface area contributed by atoms with Crippen LogP contribution in [-0.2, 0) is 7.05 Å². The summed E-state index contributed by atoms with van der Waals surface area (Å²) >= 11 is 0. The van der Waals surface area contributed by atoms with Crippen molar-refractivity contribution in [3.8, 4) is 17.1 Å². The molecule has 1 N–H and O–H groups in total. The van der Waals surface area contributed by atoms with Crippen molar-refractivity contribution in [2.24, 2.45) is 7.05 Å². The van der Waals surface area contributed by atoms with E-state index in [2.05, 4.69) is 33.7 Å². The van der Waals surface area contributed by atoms with Gasteiger partial charge in [-0.25, -0.2) is 14.8 Å². The fourth-order valence-electron chi connectivity index (χ4n) is 2.81. The molecule has 0 aliphatic heterocycles. The largest absolute Gasteiger partial charge is 0.492 e. The van der Waals surface area contributed by atoms with E-state index in [1.54, 1.807) is 7.05 Å². The molecule has 8 nitrogen and oxygen atoms in total. The molecule has 142 valence electrons. The van der Waals surface area contributed by atoms with Crippen LogP contribution in [0.25, 0.3) is 22.4 Å². The van der Waals surface area contributed by atoms with E-state index in [1.165, 1.54) is 10.8 Å². The summed E-state index contributed by atoms with van der Waals surface area (Å²) in [5.74, 6) is 1.19. The number of nitrogens with zero attached hydrogens (tertiary/aromatic N) is 4. The van der Waals surface area contributed by atoms with E-state index in [-0.39, 0.29) is 5.52 Å². The summed E-state index contributed by atoms with van der Waals surface area (Å²) in [6.45, 7) is 7.77. The van der Waals surface area contributed by atoms with E-state index in [0.717, 1.165) is 30.9 Å². The number of ether oxygens (including phenoxy) is 1. The highest BCUT2D eigenvalue weighted by Gasteiger charge is 2.10. The minimum atomic E-state index is -0.520. The van der Waals surface area contributed by atoms with Crippen molar-refractivity contribution in [2.75, 3.05) is 26.2 Å². The first-order chi connectivity index (χ1) is 13.0. The minimum Gasteiger partial charge on any atom is -0.492 e. The summed E-state index contributed by atoms with van der Waals surface area (Å²) in [7, 11) is 1.56. The number of likely N-dealkylation sites (N-methyl/N-ethyl adjacent to an activating group) is 1. The number of H-pyrrole nitrogens is 1. The van der Waals surface area contributed by atoms with Crippen LogP contribution in [-0.4, -0.2) is 50.7 Å². The molecule has 0 spiro atoms. The van der Waals surface area contributed by atoms with Crippen LogP contribution in [0.4, 0.5) is 0 Å². The topological polar surface area (TPSA) is 93.1 Å². The maximum absolute atomic E-state index is 12.0. The van der Waals surface area contributed by atoms with Crippen LogP contribution < -0.4 is 16.0 Å². The number of nitrogens with one attached hydrogen (secondary N) is 1. The lowest BCUT2D eigenvalue weighted by Crippen LogP contribution is -2.29. The molecule has 0 saturated carbocycles. The molecule has 0 saturated heterocycles. The molecule has 27 heavy (non-hydrogen) atoms. The normalized spacial score (nSPS) is 11.3. The Labute approximate surface area is 156 Å². The third-order valence-electron chi connectivity index (χ3n) is 4.55. The third-order valence-corrected chi connectivity index (χ3v) is 4.55. The molecule has 0 atom stereocenters. The maximum Gasteiger partial charge on any atom is 0.328 e. The second kappa shape index (κ2) is 8.13. The fraction of sp³-hybridized carbons (Fsp3) is 0.368. The molecule has 2 heterocycles. The second-order valence-corrected chi connectivity index (χ2v) is 6.15. The average Bonchev–Trinajstić information content (AvgIpc) is 2.70. The lowest BCUT2D eigenvalue weighted by atomic mass is 10.2. The SMILES string of the molecule is CCN(CC)CCOc1ccc(-c2ncc3c(n2)c(=O)[nH]c(=O)n3C)cc1. The van der Waals surface area contributed by atoms with Crippen LogP contribution >= 0.6 is 0 Å². The smallest absolute Gasteiger partial charge is 0.328 e. The van der Waals surface area contributed by atoms with Gasteiger partial charge in [0.2, 0.25) is 0 Å². The van der Waals surface area contributed by atoms with Crippen molar-refractivity contribution in [2.45, 2.75) is 13.8 Å². The van der Waals surface area contributed by atoms with Crippen LogP contribution in [0.5, 0.6) is 5.75 Å². The van der Waals surface area contributed by atoms with Gasteiger partial charge in [0.25, 0.3) is 5.56 Å². The molecule has 0 bridgehead atoms. The predicted molar refractivity (Wildman–Crippen MR) is 104 cm³/mol. The highest BCUT2D eigenvalue weighted by Crippen LogP contribution is 2.20. The Balaban J connectivity index is 1.79. The summed E-state index contributed by atoms with van der Waals surface area (Å²) in [5.41, 5.74) is 0.329. The van der Waals surface area contributed by atoms with E-state index >= 15 is 0 Å². The number of hydrogen-bond donors (Lipinski definition) is 1. The molecular formula is C19H23N5O3. The van der Waals surface area contributed by atoms with Gasteiger partial charge in [0.05, 0.1) is 11.7 Å². The Morgan fingerprint density at radius 1 is 1.15 bits per heavy atom. The molecule has 0 aliphatic carbocycles. The standard InChI is InChI=1S/C19H23N5O3/c1-4-24(5-2)10-11-27-14-8-6-13(7-9-14)17-20-12-15-16(21-17)18(25)22-19(26)23(15)3/h6-9,12H,4-5,10-11H2,1-3H3,(H,22,25,26). The monoisotopic (exact) mass is 369 g/mol.